The molecule has 0 aromatic carbocycles. The molecule has 0 aromatic rings. The quantitative estimate of drug-likeness (QED) is 0.722. The van der Waals surface area contributed by atoms with E-state index in [9.17, 15) is 0 Å². The molecule has 1 saturated heterocycles. The number of hydrogen-bond acceptors (Lipinski definition) is 1. The summed E-state index contributed by atoms with van der Waals surface area (Å²) in [5.41, 5.74) is 0.684. The molecule has 1 N–H and O–H groups in total. The van der Waals surface area contributed by atoms with Gasteiger partial charge in [-0.05, 0) is 31.2 Å². The van der Waals surface area contributed by atoms with E-state index in [-0.39, 0.29) is 0 Å². The van der Waals surface area contributed by atoms with E-state index in [0.29, 0.717) is 5.41 Å². The molecule has 1 heteroatoms. The third-order valence-corrected chi connectivity index (χ3v) is 2.89. The number of nitrogens with one attached hydrogen (secondary N) is 1. The van der Waals surface area contributed by atoms with Gasteiger partial charge in [0, 0.05) is 6.54 Å². The van der Waals surface area contributed by atoms with Crippen LogP contribution < -0.4 is 5.32 Å². The van der Waals surface area contributed by atoms with Crippen LogP contribution in [0.4, 0.5) is 0 Å². The van der Waals surface area contributed by atoms with Crippen LogP contribution in [0.5, 0.6) is 0 Å². The van der Waals surface area contributed by atoms with Gasteiger partial charge in [-0.1, -0.05) is 47.0 Å². The summed E-state index contributed by atoms with van der Waals surface area (Å²) in [7, 11) is 0. The highest BCUT2D eigenvalue weighted by Gasteiger charge is 2.31. The van der Waals surface area contributed by atoms with E-state index in [4.69, 9.17) is 0 Å². The van der Waals surface area contributed by atoms with Gasteiger partial charge in [-0.2, -0.15) is 0 Å². The van der Waals surface area contributed by atoms with Gasteiger partial charge < -0.3 is 5.32 Å². The molecule has 1 aliphatic rings. The smallest absolute Gasteiger partial charge is 0.000828 e. The van der Waals surface area contributed by atoms with Crippen molar-refractivity contribution in [2.75, 3.05) is 13.1 Å². The molecule has 0 atom stereocenters. The molecule has 86 valence electrons. The zero-order chi connectivity index (χ0) is 10.9. The van der Waals surface area contributed by atoms with Gasteiger partial charge in [0.1, 0.15) is 0 Å². The van der Waals surface area contributed by atoms with Gasteiger partial charge in [0.15, 0.2) is 0 Å². The largest absolute Gasteiger partial charge is 0.316 e. The lowest BCUT2D eigenvalue weighted by molar-refractivity contribution is 0.265. The van der Waals surface area contributed by atoms with Gasteiger partial charge in [-0.25, -0.2) is 0 Å². The lowest BCUT2D eigenvalue weighted by Gasteiger charge is -2.27. The van der Waals surface area contributed by atoms with E-state index in [1.165, 1.54) is 51.6 Å². The predicted molar refractivity (Wildman–Crippen MR) is 65.7 cm³/mol. The van der Waals surface area contributed by atoms with Crippen molar-refractivity contribution < 1.29 is 0 Å². The minimum atomic E-state index is 0.684. The molecule has 0 aromatic heterocycles. The second kappa shape index (κ2) is 8.28. The molecule has 1 fully saturated rings. The monoisotopic (exact) mass is 199 g/mol. The summed E-state index contributed by atoms with van der Waals surface area (Å²) < 4.78 is 0. The molecule has 0 radical (unpaired) electrons. The van der Waals surface area contributed by atoms with Gasteiger partial charge in [0.25, 0.3) is 0 Å². The number of rotatable bonds is 4. The Morgan fingerprint density at radius 3 is 1.79 bits per heavy atom. The lowest BCUT2D eigenvalue weighted by atomic mass is 9.79. The summed E-state index contributed by atoms with van der Waals surface area (Å²) in [4.78, 5) is 0. The maximum absolute atomic E-state index is 3.48. The van der Waals surface area contributed by atoms with Crippen molar-refractivity contribution in [2.45, 2.75) is 66.2 Å². The van der Waals surface area contributed by atoms with Crippen LogP contribution in [-0.4, -0.2) is 13.1 Å². The van der Waals surface area contributed by atoms with Crippen LogP contribution in [0.1, 0.15) is 66.2 Å². The summed E-state index contributed by atoms with van der Waals surface area (Å²) in [6.45, 7) is 11.4. The van der Waals surface area contributed by atoms with Crippen molar-refractivity contribution in [3.8, 4) is 0 Å². The van der Waals surface area contributed by atoms with Crippen molar-refractivity contribution in [3.63, 3.8) is 0 Å². The highest BCUT2D eigenvalue weighted by molar-refractivity contribution is 4.86. The molecule has 1 nitrogen and oxygen atoms in total. The van der Waals surface area contributed by atoms with Gasteiger partial charge >= 0.3 is 0 Å². The second-order valence-corrected chi connectivity index (χ2v) is 4.63. The first kappa shape index (κ1) is 14.0. The molecule has 1 heterocycles. The minimum absolute atomic E-state index is 0.684. The van der Waals surface area contributed by atoms with Crippen LogP contribution >= 0.6 is 0 Å². The molecule has 1 aliphatic heterocycles. The Morgan fingerprint density at radius 1 is 1.00 bits per heavy atom. The molecule has 1 rings (SSSR count). The van der Waals surface area contributed by atoms with E-state index >= 15 is 0 Å². The molecular weight excluding hydrogens is 170 g/mol. The maximum Gasteiger partial charge on any atom is 0.000828 e. The van der Waals surface area contributed by atoms with Crippen LogP contribution in [0.2, 0.25) is 0 Å². The molecule has 0 aliphatic carbocycles. The first-order valence-electron chi connectivity index (χ1n) is 6.45. The van der Waals surface area contributed by atoms with Crippen molar-refractivity contribution in [2.24, 2.45) is 5.41 Å². The van der Waals surface area contributed by atoms with Crippen molar-refractivity contribution in [1.29, 1.82) is 0 Å². The maximum atomic E-state index is 3.48. The van der Waals surface area contributed by atoms with Crippen LogP contribution in [0.25, 0.3) is 0 Å². The fourth-order valence-electron chi connectivity index (χ4n) is 2.41. The minimum Gasteiger partial charge on any atom is -0.316 e. The van der Waals surface area contributed by atoms with Gasteiger partial charge in [0.05, 0.1) is 0 Å². The molecule has 0 amide bonds. The fourth-order valence-corrected chi connectivity index (χ4v) is 2.41. The van der Waals surface area contributed by atoms with Crippen molar-refractivity contribution in [1.82, 2.24) is 5.32 Å². The molecule has 14 heavy (non-hydrogen) atoms. The normalized spacial score (nSPS) is 18.9. The lowest BCUT2D eigenvalue weighted by Crippen LogP contribution is -2.23. The Kier molecular flexibility index (Phi) is 8.26. The topological polar surface area (TPSA) is 12.0 Å². The van der Waals surface area contributed by atoms with Crippen molar-refractivity contribution in [3.05, 3.63) is 0 Å². The van der Waals surface area contributed by atoms with E-state index in [1.807, 2.05) is 0 Å². The van der Waals surface area contributed by atoms with Crippen LogP contribution in [0, 0.1) is 5.41 Å². The third-order valence-electron chi connectivity index (χ3n) is 2.89. The Hall–Kier alpha value is -0.0400. The Labute approximate surface area is 90.7 Å². The molecule has 0 bridgehead atoms. The van der Waals surface area contributed by atoms with E-state index in [0.717, 1.165) is 0 Å². The Morgan fingerprint density at radius 2 is 1.50 bits per heavy atom. The van der Waals surface area contributed by atoms with Gasteiger partial charge in [-0.3, -0.25) is 0 Å². The first-order chi connectivity index (χ1) is 6.74. The van der Waals surface area contributed by atoms with Crippen LogP contribution in [0.3, 0.4) is 0 Å². The summed E-state index contributed by atoms with van der Waals surface area (Å²) in [5.74, 6) is 0. The molecule has 0 unspecified atom stereocenters. The summed E-state index contributed by atoms with van der Waals surface area (Å²) in [5, 5.41) is 3.48. The van der Waals surface area contributed by atoms with E-state index < -0.39 is 0 Å². The second-order valence-electron chi connectivity index (χ2n) is 4.63. The Balaban J connectivity index is 0.000000500. The van der Waals surface area contributed by atoms with Gasteiger partial charge in [0.2, 0.25) is 0 Å². The summed E-state index contributed by atoms with van der Waals surface area (Å²) >= 11 is 0. The predicted octanol–water partition coefficient (Wildman–Crippen LogP) is 3.98. The van der Waals surface area contributed by atoms with E-state index in [1.54, 1.807) is 0 Å². The number of hydrogen-bond donors (Lipinski definition) is 1. The highest BCUT2D eigenvalue weighted by atomic mass is 14.9. The molecule has 0 saturated carbocycles. The van der Waals surface area contributed by atoms with Crippen molar-refractivity contribution >= 4 is 0 Å². The average Bonchev–Trinajstić information content (AvgIpc) is 2.56. The zero-order valence-electron chi connectivity index (χ0n) is 10.7. The molecular formula is C13H29N. The average molecular weight is 199 g/mol. The van der Waals surface area contributed by atoms with Crippen LogP contribution in [-0.2, 0) is 0 Å². The summed E-state index contributed by atoms with van der Waals surface area (Å²) in [6.07, 6.45) is 8.21. The fraction of sp³-hybridized carbons (Fsp3) is 1.00. The SMILES string of the molecule is CCC.CCCC1(CCC)CCNC1. The first-order valence-corrected chi connectivity index (χ1v) is 6.45. The third kappa shape index (κ3) is 4.99. The van der Waals surface area contributed by atoms with Crippen LogP contribution in [0.15, 0.2) is 0 Å². The molecule has 0 spiro atoms. The summed E-state index contributed by atoms with van der Waals surface area (Å²) in [6, 6.07) is 0. The Bertz CT molecular complexity index is 106. The zero-order valence-corrected chi connectivity index (χ0v) is 10.7. The standard InChI is InChI=1S/C10H21N.C3H8/c1-3-5-10(6-4-2)7-8-11-9-10;1-3-2/h11H,3-9H2,1-2H3;3H2,1-2H3. The highest BCUT2D eigenvalue weighted by Crippen LogP contribution is 2.35. The van der Waals surface area contributed by atoms with Gasteiger partial charge in [-0.15, -0.1) is 0 Å². The van der Waals surface area contributed by atoms with E-state index in [2.05, 4.69) is 33.0 Å².